The third-order valence-electron chi connectivity index (χ3n) is 4.79. The molecule has 0 unspecified atom stereocenters. The summed E-state index contributed by atoms with van der Waals surface area (Å²) in [5, 5.41) is 3.93. The fourth-order valence-electron chi connectivity index (χ4n) is 3.60. The van der Waals surface area contributed by atoms with E-state index >= 15 is 0 Å². The minimum Gasteiger partial charge on any atom is -0.378 e. The lowest BCUT2D eigenvalue weighted by atomic mass is 9.88. The molecular weight excluding hydrogens is 316 g/mol. The van der Waals surface area contributed by atoms with E-state index < -0.39 is 11.6 Å². The summed E-state index contributed by atoms with van der Waals surface area (Å²) in [5.41, 5.74) is 0.120. The Labute approximate surface area is 138 Å². The highest BCUT2D eigenvalue weighted by molar-refractivity contribution is 5.53. The van der Waals surface area contributed by atoms with Crippen molar-refractivity contribution in [1.29, 1.82) is 0 Å². The summed E-state index contributed by atoms with van der Waals surface area (Å²) in [6, 6.07) is 3.30. The molecule has 0 bridgehead atoms. The minimum atomic E-state index is -0.703. The average molecular weight is 335 g/mol. The quantitative estimate of drug-likeness (QED) is 0.863. The lowest BCUT2D eigenvalue weighted by Gasteiger charge is -2.40. The van der Waals surface area contributed by atoms with Gasteiger partial charge in [-0.3, -0.25) is 4.90 Å². The van der Waals surface area contributed by atoms with Gasteiger partial charge < -0.3 is 9.26 Å². The number of likely N-dealkylation sites (tertiary alicyclic amines) is 1. The molecule has 2 saturated heterocycles. The first-order chi connectivity index (χ1) is 11.7. The first-order valence-corrected chi connectivity index (χ1v) is 8.31. The number of halogens is 2. The standard InChI is InChI=1S/C17H19F2N3O2/c18-12-3-4-13(14(19)8-12)17-20-16(21-24-17)10-22-6-5-15-11(9-22)2-1-7-23-15/h3-4,8,11,15H,1-2,5-7,9-10H2/t11-,15-/m0/s1. The zero-order chi connectivity index (χ0) is 16.5. The molecule has 1 aromatic heterocycles. The van der Waals surface area contributed by atoms with Crippen LogP contribution >= 0.6 is 0 Å². The second-order valence-electron chi connectivity index (χ2n) is 6.48. The summed E-state index contributed by atoms with van der Waals surface area (Å²) < 4.78 is 37.7. The maximum absolute atomic E-state index is 13.8. The summed E-state index contributed by atoms with van der Waals surface area (Å²) in [4.78, 5) is 6.54. The number of benzene rings is 1. The third-order valence-corrected chi connectivity index (χ3v) is 4.79. The molecule has 2 aliphatic heterocycles. The molecule has 1 aromatic carbocycles. The van der Waals surface area contributed by atoms with Gasteiger partial charge in [0.1, 0.15) is 11.6 Å². The normalized spacial score (nSPS) is 24.8. The Kier molecular flexibility index (Phi) is 4.28. The van der Waals surface area contributed by atoms with Crippen molar-refractivity contribution in [3.63, 3.8) is 0 Å². The van der Waals surface area contributed by atoms with Crippen LogP contribution in [0.3, 0.4) is 0 Å². The highest BCUT2D eigenvalue weighted by atomic mass is 19.1. The van der Waals surface area contributed by atoms with E-state index in [4.69, 9.17) is 9.26 Å². The van der Waals surface area contributed by atoms with E-state index in [1.165, 1.54) is 18.6 Å². The lowest BCUT2D eigenvalue weighted by Crippen LogP contribution is -2.45. The van der Waals surface area contributed by atoms with Crippen molar-refractivity contribution in [2.45, 2.75) is 31.9 Å². The number of hydrogen-bond acceptors (Lipinski definition) is 5. The van der Waals surface area contributed by atoms with Crippen LogP contribution in [0.25, 0.3) is 11.5 Å². The molecule has 0 spiro atoms. The maximum Gasteiger partial charge on any atom is 0.260 e. The number of piperidine rings is 1. The molecule has 24 heavy (non-hydrogen) atoms. The summed E-state index contributed by atoms with van der Waals surface area (Å²) in [6.45, 7) is 3.32. The van der Waals surface area contributed by atoms with E-state index in [2.05, 4.69) is 15.0 Å². The van der Waals surface area contributed by atoms with Crippen LogP contribution in [0.2, 0.25) is 0 Å². The minimum absolute atomic E-state index is 0.0818. The molecule has 128 valence electrons. The van der Waals surface area contributed by atoms with Gasteiger partial charge in [-0.2, -0.15) is 4.98 Å². The second kappa shape index (κ2) is 6.57. The number of aromatic nitrogens is 2. The van der Waals surface area contributed by atoms with Crippen molar-refractivity contribution < 1.29 is 18.0 Å². The van der Waals surface area contributed by atoms with E-state index in [9.17, 15) is 8.78 Å². The molecule has 0 amide bonds. The topological polar surface area (TPSA) is 51.4 Å². The van der Waals surface area contributed by atoms with Crippen molar-refractivity contribution in [3.8, 4) is 11.5 Å². The highest BCUT2D eigenvalue weighted by Gasteiger charge is 2.32. The molecular formula is C17H19F2N3O2. The summed E-state index contributed by atoms with van der Waals surface area (Å²) in [5.74, 6) is -0.172. The zero-order valence-corrected chi connectivity index (χ0v) is 13.3. The molecule has 0 N–H and O–H groups in total. The van der Waals surface area contributed by atoms with E-state index in [0.29, 0.717) is 24.4 Å². The van der Waals surface area contributed by atoms with Gasteiger partial charge in [0.2, 0.25) is 0 Å². The number of ether oxygens (including phenoxy) is 1. The van der Waals surface area contributed by atoms with Gasteiger partial charge >= 0.3 is 0 Å². The van der Waals surface area contributed by atoms with Gasteiger partial charge in [0, 0.05) is 25.8 Å². The third kappa shape index (κ3) is 3.18. The van der Waals surface area contributed by atoms with Crippen LogP contribution in [-0.4, -0.2) is 40.8 Å². The SMILES string of the molecule is Fc1ccc(-c2nc(CN3CC[C@@H]4OCCC[C@H]4C3)no2)c(F)c1. The van der Waals surface area contributed by atoms with Gasteiger partial charge in [0.15, 0.2) is 5.82 Å². The largest absolute Gasteiger partial charge is 0.378 e. The number of fused-ring (bicyclic) bond motifs is 1. The average Bonchev–Trinajstić information content (AvgIpc) is 3.03. The maximum atomic E-state index is 13.8. The molecule has 2 atom stereocenters. The van der Waals surface area contributed by atoms with Crippen molar-refractivity contribution in [2.75, 3.05) is 19.7 Å². The van der Waals surface area contributed by atoms with Crippen LogP contribution < -0.4 is 0 Å². The van der Waals surface area contributed by atoms with Crippen LogP contribution in [0.5, 0.6) is 0 Å². The summed E-state index contributed by atoms with van der Waals surface area (Å²) in [6.07, 6.45) is 3.70. The van der Waals surface area contributed by atoms with E-state index in [1.807, 2.05) is 0 Å². The molecule has 2 aliphatic rings. The second-order valence-corrected chi connectivity index (χ2v) is 6.48. The Balaban J connectivity index is 1.44. The Morgan fingerprint density at radius 2 is 2.17 bits per heavy atom. The van der Waals surface area contributed by atoms with Crippen LogP contribution in [0.1, 0.15) is 25.1 Å². The number of nitrogens with zero attached hydrogens (tertiary/aromatic N) is 3. The Morgan fingerprint density at radius 1 is 1.25 bits per heavy atom. The zero-order valence-electron chi connectivity index (χ0n) is 13.3. The van der Waals surface area contributed by atoms with Gasteiger partial charge in [-0.15, -0.1) is 0 Å². The molecule has 4 rings (SSSR count). The van der Waals surface area contributed by atoms with Crippen molar-refractivity contribution in [3.05, 3.63) is 35.7 Å². The fourth-order valence-corrected chi connectivity index (χ4v) is 3.60. The molecule has 2 aromatic rings. The summed E-state index contributed by atoms with van der Waals surface area (Å²) in [7, 11) is 0. The molecule has 7 heteroatoms. The molecule has 2 fully saturated rings. The molecule has 0 aliphatic carbocycles. The van der Waals surface area contributed by atoms with Gasteiger partial charge in [-0.05, 0) is 37.3 Å². The predicted octanol–water partition coefficient (Wildman–Crippen LogP) is 3.02. The molecule has 3 heterocycles. The Morgan fingerprint density at radius 3 is 3.04 bits per heavy atom. The van der Waals surface area contributed by atoms with Crippen LogP contribution in [0.4, 0.5) is 8.78 Å². The van der Waals surface area contributed by atoms with Crippen molar-refractivity contribution in [2.24, 2.45) is 5.92 Å². The first kappa shape index (κ1) is 15.7. The van der Waals surface area contributed by atoms with E-state index in [1.54, 1.807) is 0 Å². The first-order valence-electron chi connectivity index (χ1n) is 8.31. The lowest BCUT2D eigenvalue weighted by molar-refractivity contribution is -0.0680. The number of rotatable bonds is 3. The Hall–Kier alpha value is -1.86. The van der Waals surface area contributed by atoms with Crippen molar-refractivity contribution >= 4 is 0 Å². The predicted molar refractivity (Wildman–Crippen MR) is 82.0 cm³/mol. The van der Waals surface area contributed by atoms with Gasteiger partial charge in [0.25, 0.3) is 5.89 Å². The smallest absolute Gasteiger partial charge is 0.260 e. The van der Waals surface area contributed by atoms with Crippen LogP contribution in [0, 0.1) is 17.6 Å². The summed E-state index contributed by atoms with van der Waals surface area (Å²) >= 11 is 0. The van der Waals surface area contributed by atoms with Crippen molar-refractivity contribution in [1.82, 2.24) is 15.0 Å². The van der Waals surface area contributed by atoms with Gasteiger partial charge in [-0.25, -0.2) is 8.78 Å². The van der Waals surface area contributed by atoms with Gasteiger partial charge in [-0.1, -0.05) is 5.16 Å². The molecule has 0 radical (unpaired) electrons. The highest BCUT2D eigenvalue weighted by Crippen LogP contribution is 2.29. The van der Waals surface area contributed by atoms with Crippen LogP contribution in [0.15, 0.2) is 22.7 Å². The van der Waals surface area contributed by atoms with Gasteiger partial charge in [0.05, 0.1) is 18.2 Å². The molecule has 0 saturated carbocycles. The number of hydrogen-bond donors (Lipinski definition) is 0. The fraction of sp³-hybridized carbons (Fsp3) is 0.529. The van der Waals surface area contributed by atoms with E-state index in [0.717, 1.165) is 38.6 Å². The van der Waals surface area contributed by atoms with E-state index in [-0.39, 0.29) is 11.5 Å². The monoisotopic (exact) mass is 335 g/mol. The van der Waals surface area contributed by atoms with Crippen LogP contribution in [-0.2, 0) is 11.3 Å². The molecule has 5 nitrogen and oxygen atoms in total. The Bertz CT molecular complexity index is 722.